The lowest BCUT2D eigenvalue weighted by Crippen LogP contribution is -2.49. The molecule has 24 heavy (non-hydrogen) atoms. The molecule has 0 aliphatic carbocycles. The molecule has 0 radical (unpaired) electrons. The number of piperidine rings is 1. The van der Waals surface area contributed by atoms with Gasteiger partial charge in [0.15, 0.2) is 0 Å². The minimum atomic E-state index is -0.890. The van der Waals surface area contributed by atoms with Gasteiger partial charge in [0.25, 0.3) is 0 Å². The first kappa shape index (κ1) is 19.0. The second-order valence-electron chi connectivity index (χ2n) is 6.29. The number of likely N-dealkylation sites (tertiary alicyclic amines) is 1. The molecule has 2 unspecified atom stereocenters. The van der Waals surface area contributed by atoms with Crippen molar-refractivity contribution >= 4 is 17.7 Å². The molecule has 2 N–H and O–H groups in total. The fourth-order valence-electron chi connectivity index (χ4n) is 3.74. The molecule has 1 amide bonds. The summed E-state index contributed by atoms with van der Waals surface area (Å²) in [7, 11) is 0. The van der Waals surface area contributed by atoms with E-state index in [4.69, 9.17) is 16.3 Å². The highest BCUT2D eigenvalue weighted by Gasteiger charge is 2.43. The molecule has 1 aliphatic rings. The van der Waals surface area contributed by atoms with Gasteiger partial charge in [-0.15, -0.1) is 0 Å². The highest BCUT2D eigenvalue weighted by Crippen LogP contribution is 2.43. The topological polar surface area (TPSA) is 70.0 Å². The molecule has 1 aliphatic heterocycles. The fraction of sp³-hybridized carbons (Fsp3) is 0.611. The quantitative estimate of drug-likeness (QED) is 0.781. The number of rotatable bonds is 7. The van der Waals surface area contributed by atoms with Crippen LogP contribution in [0.5, 0.6) is 0 Å². The van der Waals surface area contributed by atoms with Crippen LogP contribution in [-0.2, 0) is 10.3 Å². The second kappa shape index (κ2) is 8.70. The highest BCUT2D eigenvalue weighted by molar-refractivity contribution is 6.30. The maximum atomic E-state index is 11.4. The van der Waals surface area contributed by atoms with Crippen LogP contribution < -0.4 is 0 Å². The van der Waals surface area contributed by atoms with Crippen molar-refractivity contribution in [2.75, 3.05) is 26.3 Å². The van der Waals surface area contributed by atoms with E-state index in [-0.39, 0.29) is 19.1 Å². The normalized spacial score (nSPS) is 20.6. The van der Waals surface area contributed by atoms with Gasteiger partial charge in [0.2, 0.25) is 0 Å². The standard InChI is InChI=1S/C18H26ClNO4/c1-2-8-18(24-11-10-21,14-5-3-7-16(19)12-14)15-6-4-9-20(13-15)17(22)23/h3,5,7,12,15,21H,2,4,6,8-11,13H2,1H3,(H,22,23). The van der Waals surface area contributed by atoms with E-state index < -0.39 is 11.7 Å². The number of hydrogen-bond donors (Lipinski definition) is 2. The first-order chi connectivity index (χ1) is 11.5. The molecule has 5 nitrogen and oxygen atoms in total. The van der Waals surface area contributed by atoms with Gasteiger partial charge in [-0.25, -0.2) is 4.79 Å². The second-order valence-corrected chi connectivity index (χ2v) is 6.73. The smallest absolute Gasteiger partial charge is 0.407 e. The van der Waals surface area contributed by atoms with Crippen LogP contribution in [0.15, 0.2) is 24.3 Å². The molecule has 1 aromatic rings. The maximum Gasteiger partial charge on any atom is 0.407 e. The number of carboxylic acid groups (broad SMARTS) is 1. The molecule has 1 heterocycles. The first-order valence-electron chi connectivity index (χ1n) is 8.52. The van der Waals surface area contributed by atoms with Crippen molar-refractivity contribution in [2.24, 2.45) is 5.92 Å². The Morgan fingerprint density at radius 2 is 2.29 bits per heavy atom. The number of aliphatic hydroxyl groups is 1. The van der Waals surface area contributed by atoms with Gasteiger partial charge in [0, 0.05) is 24.0 Å². The zero-order valence-electron chi connectivity index (χ0n) is 14.1. The van der Waals surface area contributed by atoms with Gasteiger partial charge < -0.3 is 19.8 Å². The summed E-state index contributed by atoms with van der Waals surface area (Å²) >= 11 is 6.19. The van der Waals surface area contributed by atoms with Crippen LogP contribution in [0.1, 0.15) is 38.2 Å². The van der Waals surface area contributed by atoms with Crippen molar-refractivity contribution in [2.45, 2.75) is 38.2 Å². The van der Waals surface area contributed by atoms with Crippen LogP contribution in [0.4, 0.5) is 4.79 Å². The third-order valence-electron chi connectivity index (χ3n) is 4.74. The van der Waals surface area contributed by atoms with E-state index in [1.54, 1.807) is 0 Å². The predicted molar refractivity (Wildman–Crippen MR) is 93.4 cm³/mol. The van der Waals surface area contributed by atoms with Crippen LogP contribution in [0.3, 0.4) is 0 Å². The number of nitrogens with zero attached hydrogens (tertiary/aromatic N) is 1. The van der Waals surface area contributed by atoms with Crippen molar-refractivity contribution in [1.29, 1.82) is 0 Å². The summed E-state index contributed by atoms with van der Waals surface area (Å²) in [6.45, 7) is 3.23. The number of amides is 1. The number of hydrogen-bond acceptors (Lipinski definition) is 3. The first-order valence-corrected chi connectivity index (χ1v) is 8.90. The monoisotopic (exact) mass is 355 g/mol. The summed E-state index contributed by atoms with van der Waals surface area (Å²) in [5.41, 5.74) is 0.332. The summed E-state index contributed by atoms with van der Waals surface area (Å²) < 4.78 is 6.20. The van der Waals surface area contributed by atoms with Gasteiger partial charge in [0.05, 0.1) is 18.8 Å². The lowest BCUT2D eigenvalue weighted by molar-refractivity contribution is -0.122. The average molecular weight is 356 g/mol. The van der Waals surface area contributed by atoms with Crippen LogP contribution in [-0.4, -0.2) is 47.5 Å². The van der Waals surface area contributed by atoms with Crippen LogP contribution in [0, 0.1) is 5.92 Å². The molecule has 134 valence electrons. The molecule has 0 saturated carbocycles. The van der Waals surface area contributed by atoms with E-state index in [1.807, 2.05) is 24.3 Å². The van der Waals surface area contributed by atoms with Crippen LogP contribution in [0.25, 0.3) is 0 Å². The third kappa shape index (κ3) is 4.21. The number of benzene rings is 1. The van der Waals surface area contributed by atoms with Crippen molar-refractivity contribution in [3.63, 3.8) is 0 Å². The molecule has 0 bridgehead atoms. The minimum absolute atomic E-state index is 0.0346. The number of ether oxygens (including phenoxy) is 1. The van der Waals surface area contributed by atoms with E-state index in [2.05, 4.69) is 6.92 Å². The largest absolute Gasteiger partial charge is 0.465 e. The molecular weight excluding hydrogens is 330 g/mol. The van der Waals surface area contributed by atoms with Crippen molar-refractivity contribution < 1.29 is 19.7 Å². The third-order valence-corrected chi connectivity index (χ3v) is 4.97. The Bertz CT molecular complexity index is 554. The summed E-state index contributed by atoms with van der Waals surface area (Å²) in [6.07, 6.45) is 2.46. The summed E-state index contributed by atoms with van der Waals surface area (Å²) in [4.78, 5) is 12.9. The summed E-state index contributed by atoms with van der Waals surface area (Å²) in [5.74, 6) is 0.0346. The zero-order valence-corrected chi connectivity index (χ0v) is 14.8. The lowest BCUT2D eigenvalue weighted by atomic mass is 9.74. The highest BCUT2D eigenvalue weighted by atomic mass is 35.5. The van der Waals surface area contributed by atoms with E-state index in [9.17, 15) is 15.0 Å². The molecule has 6 heteroatoms. The Balaban J connectivity index is 2.41. The summed E-state index contributed by atoms with van der Waals surface area (Å²) in [5, 5.41) is 19.3. The van der Waals surface area contributed by atoms with E-state index in [1.165, 1.54) is 4.90 Å². The van der Waals surface area contributed by atoms with Gasteiger partial charge in [-0.2, -0.15) is 0 Å². The van der Waals surface area contributed by atoms with Crippen molar-refractivity contribution in [1.82, 2.24) is 4.90 Å². The molecule has 1 aromatic carbocycles. The Labute approximate surface area is 148 Å². The molecule has 0 aromatic heterocycles. The van der Waals surface area contributed by atoms with Crippen LogP contribution in [0.2, 0.25) is 5.02 Å². The lowest BCUT2D eigenvalue weighted by Gasteiger charge is -2.45. The van der Waals surface area contributed by atoms with E-state index in [0.717, 1.165) is 31.2 Å². The van der Waals surface area contributed by atoms with Crippen LogP contribution >= 0.6 is 11.6 Å². The van der Waals surface area contributed by atoms with Gasteiger partial charge >= 0.3 is 6.09 Å². The Kier molecular flexibility index (Phi) is 6.90. The molecule has 2 atom stereocenters. The van der Waals surface area contributed by atoms with E-state index >= 15 is 0 Å². The maximum absolute atomic E-state index is 11.4. The zero-order chi connectivity index (χ0) is 17.6. The van der Waals surface area contributed by atoms with Gasteiger partial charge in [-0.3, -0.25) is 0 Å². The number of halogens is 1. The van der Waals surface area contributed by atoms with Crippen molar-refractivity contribution in [3.8, 4) is 0 Å². The van der Waals surface area contributed by atoms with Crippen molar-refractivity contribution in [3.05, 3.63) is 34.9 Å². The Morgan fingerprint density at radius 1 is 1.50 bits per heavy atom. The van der Waals surface area contributed by atoms with Gasteiger partial charge in [-0.1, -0.05) is 37.1 Å². The number of carbonyl (C=O) groups is 1. The molecule has 0 spiro atoms. The fourth-order valence-corrected chi connectivity index (χ4v) is 3.93. The number of aliphatic hydroxyl groups excluding tert-OH is 1. The molecule has 1 fully saturated rings. The molecule has 2 rings (SSSR count). The molecule has 1 saturated heterocycles. The Morgan fingerprint density at radius 3 is 2.92 bits per heavy atom. The van der Waals surface area contributed by atoms with Gasteiger partial charge in [0.1, 0.15) is 0 Å². The Hall–Kier alpha value is -1.30. The van der Waals surface area contributed by atoms with Gasteiger partial charge in [-0.05, 0) is 37.0 Å². The molecular formula is C18H26ClNO4. The summed E-state index contributed by atoms with van der Waals surface area (Å²) in [6, 6.07) is 7.59. The SMILES string of the molecule is CCCC(OCCO)(c1cccc(Cl)c1)C1CCCN(C(=O)O)C1. The average Bonchev–Trinajstić information content (AvgIpc) is 2.58. The van der Waals surface area contributed by atoms with E-state index in [0.29, 0.717) is 18.1 Å². The predicted octanol–water partition coefficient (Wildman–Crippen LogP) is 3.73. The minimum Gasteiger partial charge on any atom is -0.465 e.